The zero-order valence-corrected chi connectivity index (χ0v) is 16.7. The number of nitrogens with zero attached hydrogens (tertiary/aromatic N) is 2. The molecule has 0 aromatic heterocycles. The summed E-state index contributed by atoms with van der Waals surface area (Å²) >= 11 is 2.09. The number of rotatable bonds is 4. The largest absolute Gasteiger partial charge is 0.204 e. The molecule has 6 heteroatoms. The Morgan fingerprint density at radius 2 is 1.11 bits per heavy atom. The van der Waals surface area contributed by atoms with E-state index in [2.05, 4.69) is 0 Å². The summed E-state index contributed by atoms with van der Waals surface area (Å²) < 4.78 is 30.3. The molecule has 0 aliphatic rings. The van der Waals surface area contributed by atoms with Crippen molar-refractivity contribution >= 4 is 23.5 Å². The first kappa shape index (κ1) is 19.9. The summed E-state index contributed by atoms with van der Waals surface area (Å²) in [7, 11) is 0. The minimum atomic E-state index is -0.873. The molecule has 3 rings (SSSR count). The fourth-order valence-electron chi connectivity index (χ4n) is 2.63. The van der Waals surface area contributed by atoms with Crippen LogP contribution in [0.15, 0.2) is 68.1 Å². The molecule has 0 unspecified atom stereocenters. The molecule has 0 spiro atoms. The summed E-state index contributed by atoms with van der Waals surface area (Å²) in [5, 5.41) is 18.6. The van der Waals surface area contributed by atoms with Gasteiger partial charge in [0.25, 0.3) is 0 Å². The average molecular weight is 408 g/mol. The lowest BCUT2D eigenvalue weighted by Crippen LogP contribution is -2.01. The second-order valence-corrected chi connectivity index (χ2v) is 8.26. The van der Waals surface area contributed by atoms with Crippen molar-refractivity contribution in [1.82, 2.24) is 0 Å². The Hall–Kier alpha value is -2.80. The third-order valence-electron chi connectivity index (χ3n) is 3.94. The molecular weight excluding hydrogens is 394 g/mol. The number of hydrogen-bond donors (Lipinski definition) is 0. The van der Waals surface area contributed by atoms with Crippen molar-refractivity contribution in [1.29, 1.82) is 10.5 Å². The molecule has 0 saturated carbocycles. The molecule has 0 heterocycles. The van der Waals surface area contributed by atoms with Crippen LogP contribution in [0.25, 0.3) is 0 Å². The van der Waals surface area contributed by atoms with Crippen LogP contribution >= 0.6 is 23.5 Å². The summed E-state index contributed by atoms with van der Waals surface area (Å²) in [5.74, 6) is -1.75. The van der Waals surface area contributed by atoms with Crippen LogP contribution in [0.3, 0.4) is 0 Å². The Balaban J connectivity index is 2.21. The Bertz CT molecular complexity index is 1050. The smallest absolute Gasteiger partial charge is 0.157 e. The number of nitriles is 2. The van der Waals surface area contributed by atoms with E-state index in [9.17, 15) is 10.5 Å². The van der Waals surface area contributed by atoms with Gasteiger partial charge in [-0.15, -0.1) is 0 Å². The molecule has 0 bridgehead atoms. The van der Waals surface area contributed by atoms with E-state index in [4.69, 9.17) is 0 Å². The molecule has 0 N–H and O–H groups in total. The molecule has 0 radical (unpaired) electrons. The summed E-state index contributed by atoms with van der Waals surface area (Å²) in [5.41, 5.74) is 0.827. The van der Waals surface area contributed by atoms with Gasteiger partial charge in [0.2, 0.25) is 0 Å². The fourth-order valence-corrected chi connectivity index (χ4v) is 4.88. The van der Waals surface area contributed by atoms with Crippen LogP contribution in [-0.2, 0) is 0 Å². The lowest BCUT2D eigenvalue weighted by Gasteiger charge is -2.14. The van der Waals surface area contributed by atoms with E-state index >= 15 is 8.78 Å². The van der Waals surface area contributed by atoms with Gasteiger partial charge in [0, 0.05) is 9.79 Å². The molecule has 138 valence electrons. The highest BCUT2D eigenvalue weighted by molar-refractivity contribution is 8.02. The topological polar surface area (TPSA) is 47.6 Å². The molecule has 0 atom stereocenters. The average Bonchev–Trinajstić information content (AvgIpc) is 2.67. The summed E-state index contributed by atoms with van der Waals surface area (Å²) in [6, 6.07) is 18.0. The highest BCUT2D eigenvalue weighted by atomic mass is 32.2. The van der Waals surface area contributed by atoms with Gasteiger partial charge in [0.15, 0.2) is 11.6 Å². The lowest BCUT2D eigenvalue weighted by molar-refractivity contribution is 0.544. The fraction of sp³-hybridized carbons (Fsp3) is 0.0909. The molecule has 3 aromatic rings. The lowest BCUT2D eigenvalue weighted by atomic mass is 10.1. The van der Waals surface area contributed by atoms with Crippen molar-refractivity contribution in [3.05, 3.63) is 82.4 Å². The van der Waals surface area contributed by atoms with E-state index in [1.807, 2.05) is 50.2 Å². The van der Waals surface area contributed by atoms with Gasteiger partial charge in [-0.25, -0.2) is 8.78 Å². The first-order chi connectivity index (χ1) is 13.4. The van der Waals surface area contributed by atoms with Gasteiger partial charge in [-0.1, -0.05) is 58.9 Å². The summed E-state index contributed by atoms with van der Waals surface area (Å²) in [4.78, 5) is 1.45. The highest BCUT2D eigenvalue weighted by Gasteiger charge is 2.26. The van der Waals surface area contributed by atoms with Crippen molar-refractivity contribution < 1.29 is 8.78 Å². The molecule has 0 saturated heterocycles. The molecule has 28 heavy (non-hydrogen) atoms. The molecule has 0 aliphatic carbocycles. The standard InChI is InChI=1S/C22H14F2N2S2/c1-13-5-3-7-15(9-13)27-21-19(23)17(11-25)18(12-26)20(24)22(21)28-16-8-4-6-14(2)10-16/h3-10H,1-2H3. The normalized spacial score (nSPS) is 10.4. The zero-order chi connectivity index (χ0) is 20.3. The minimum Gasteiger partial charge on any atom is -0.204 e. The van der Waals surface area contributed by atoms with Crippen LogP contribution in [-0.4, -0.2) is 0 Å². The number of benzene rings is 3. The van der Waals surface area contributed by atoms with Crippen molar-refractivity contribution in [2.24, 2.45) is 0 Å². The van der Waals surface area contributed by atoms with Crippen molar-refractivity contribution in [3.63, 3.8) is 0 Å². The Labute approximate surface area is 170 Å². The van der Waals surface area contributed by atoms with E-state index in [1.54, 1.807) is 24.3 Å². The quantitative estimate of drug-likeness (QED) is 0.486. The molecular formula is C22H14F2N2S2. The monoisotopic (exact) mass is 408 g/mol. The van der Waals surface area contributed by atoms with Gasteiger partial charge in [-0.2, -0.15) is 10.5 Å². The zero-order valence-electron chi connectivity index (χ0n) is 15.1. The summed E-state index contributed by atoms with van der Waals surface area (Å²) in [6.07, 6.45) is 0. The van der Waals surface area contributed by atoms with Gasteiger partial charge in [-0.3, -0.25) is 0 Å². The van der Waals surface area contributed by atoms with E-state index in [-0.39, 0.29) is 9.79 Å². The predicted octanol–water partition coefficient (Wildman–Crippen LogP) is 6.63. The van der Waals surface area contributed by atoms with E-state index in [0.717, 1.165) is 44.4 Å². The summed E-state index contributed by atoms with van der Waals surface area (Å²) in [6.45, 7) is 3.81. The first-order valence-corrected chi connectivity index (χ1v) is 9.92. The second-order valence-electron chi connectivity index (χ2n) is 6.10. The number of hydrogen-bond acceptors (Lipinski definition) is 4. The Morgan fingerprint density at radius 3 is 1.43 bits per heavy atom. The number of halogens is 2. The molecule has 3 aromatic carbocycles. The Kier molecular flexibility index (Phi) is 6.04. The van der Waals surface area contributed by atoms with E-state index in [1.165, 1.54) is 0 Å². The highest BCUT2D eigenvalue weighted by Crippen LogP contribution is 2.44. The molecule has 2 nitrogen and oxygen atoms in total. The van der Waals surface area contributed by atoms with E-state index in [0.29, 0.717) is 0 Å². The van der Waals surface area contributed by atoms with Crippen molar-refractivity contribution in [2.75, 3.05) is 0 Å². The third kappa shape index (κ3) is 4.04. The van der Waals surface area contributed by atoms with Gasteiger partial charge < -0.3 is 0 Å². The van der Waals surface area contributed by atoms with Crippen LogP contribution in [0, 0.1) is 48.1 Å². The van der Waals surface area contributed by atoms with Gasteiger partial charge >= 0.3 is 0 Å². The maximum Gasteiger partial charge on any atom is 0.157 e. The van der Waals surface area contributed by atoms with Gasteiger partial charge in [0.05, 0.1) is 9.79 Å². The van der Waals surface area contributed by atoms with E-state index < -0.39 is 22.8 Å². The predicted molar refractivity (Wildman–Crippen MR) is 106 cm³/mol. The second kappa shape index (κ2) is 8.48. The minimum absolute atomic E-state index is 0.00477. The maximum absolute atomic E-state index is 15.2. The van der Waals surface area contributed by atoms with Crippen molar-refractivity contribution in [3.8, 4) is 12.1 Å². The Morgan fingerprint density at radius 1 is 0.714 bits per heavy atom. The SMILES string of the molecule is Cc1cccc(Sc2c(F)c(C#N)c(C#N)c(F)c2Sc2cccc(C)c2)c1. The van der Waals surface area contributed by atoms with Crippen molar-refractivity contribution in [2.45, 2.75) is 33.4 Å². The van der Waals surface area contributed by atoms with Crippen LogP contribution in [0.5, 0.6) is 0 Å². The van der Waals surface area contributed by atoms with Gasteiger partial charge in [0.1, 0.15) is 23.3 Å². The maximum atomic E-state index is 15.2. The van der Waals surface area contributed by atoms with Crippen LogP contribution < -0.4 is 0 Å². The first-order valence-electron chi connectivity index (χ1n) is 8.28. The molecule has 0 amide bonds. The molecule has 0 fully saturated rings. The van der Waals surface area contributed by atoms with Crippen LogP contribution in [0.2, 0.25) is 0 Å². The third-order valence-corrected chi connectivity index (χ3v) is 6.22. The number of aryl methyl sites for hydroxylation is 2. The van der Waals surface area contributed by atoms with Crippen LogP contribution in [0.1, 0.15) is 22.3 Å². The van der Waals surface area contributed by atoms with Gasteiger partial charge in [-0.05, 0) is 38.1 Å². The van der Waals surface area contributed by atoms with Crippen LogP contribution in [0.4, 0.5) is 8.78 Å². The molecule has 0 aliphatic heterocycles.